The van der Waals surface area contributed by atoms with Crippen molar-refractivity contribution in [1.82, 2.24) is 4.90 Å². The summed E-state index contributed by atoms with van der Waals surface area (Å²) in [5, 5.41) is 12.1. The van der Waals surface area contributed by atoms with E-state index < -0.39 is 0 Å². The molecule has 1 fully saturated rings. The molecule has 1 unspecified atom stereocenters. The van der Waals surface area contributed by atoms with Gasteiger partial charge >= 0.3 is 0 Å². The van der Waals surface area contributed by atoms with Gasteiger partial charge in [0, 0.05) is 25.6 Å². The molecule has 80 valence electrons. The van der Waals surface area contributed by atoms with E-state index in [9.17, 15) is 0 Å². The van der Waals surface area contributed by atoms with Crippen LogP contribution in [0.1, 0.15) is 18.9 Å². The highest BCUT2D eigenvalue weighted by atomic mass is 16.4. The van der Waals surface area contributed by atoms with E-state index in [0.29, 0.717) is 0 Å². The van der Waals surface area contributed by atoms with Crippen LogP contribution in [0.2, 0.25) is 0 Å². The molecular weight excluding hydrogens is 188 g/mol. The normalized spacial score (nSPS) is 24.9. The Hall–Kier alpha value is -1.35. The number of nitrogens with zero attached hydrogens (tertiary/aromatic N) is 2. The topological polar surface area (TPSA) is 35.8 Å². The van der Waals surface area contributed by atoms with Crippen molar-refractivity contribution in [2.45, 2.75) is 25.9 Å². The lowest BCUT2D eigenvalue weighted by atomic mass is 10.2. The van der Waals surface area contributed by atoms with E-state index in [0.717, 1.165) is 25.2 Å². The fourth-order valence-corrected chi connectivity index (χ4v) is 2.04. The van der Waals surface area contributed by atoms with Crippen LogP contribution in [0.3, 0.4) is 0 Å². The zero-order valence-electron chi connectivity index (χ0n) is 8.93. The Morgan fingerprint density at radius 1 is 1.40 bits per heavy atom. The fraction of sp³-hybridized carbons (Fsp3) is 0.417. The zero-order valence-corrected chi connectivity index (χ0v) is 8.93. The molecule has 1 aliphatic heterocycles. The first-order valence-electron chi connectivity index (χ1n) is 5.30. The molecule has 0 amide bonds. The number of benzene rings is 1. The maximum Gasteiger partial charge on any atom is 0.0752 e. The summed E-state index contributed by atoms with van der Waals surface area (Å²) in [6.07, 6.45) is 0.879. The molecule has 0 aromatic heterocycles. The van der Waals surface area contributed by atoms with Gasteiger partial charge in [0.1, 0.15) is 0 Å². The van der Waals surface area contributed by atoms with Crippen molar-refractivity contribution in [2.75, 3.05) is 6.54 Å². The summed E-state index contributed by atoms with van der Waals surface area (Å²) in [6, 6.07) is 10.6. The van der Waals surface area contributed by atoms with E-state index in [2.05, 4.69) is 41.2 Å². The van der Waals surface area contributed by atoms with Gasteiger partial charge in [-0.1, -0.05) is 35.5 Å². The Kier molecular flexibility index (Phi) is 3.02. The first kappa shape index (κ1) is 10.2. The molecule has 1 aliphatic rings. The first-order chi connectivity index (χ1) is 7.31. The van der Waals surface area contributed by atoms with Gasteiger partial charge in [0.2, 0.25) is 0 Å². The average Bonchev–Trinajstić information content (AvgIpc) is 2.62. The van der Waals surface area contributed by atoms with E-state index in [-0.39, 0.29) is 6.04 Å². The molecule has 2 rings (SSSR count). The van der Waals surface area contributed by atoms with Crippen LogP contribution in [-0.2, 0) is 6.54 Å². The maximum atomic E-state index is 8.78. The Balaban J connectivity index is 2.03. The van der Waals surface area contributed by atoms with Gasteiger partial charge in [-0.05, 0) is 12.5 Å². The minimum atomic E-state index is 0.259. The Morgan fingerprint density at radius 3 is 2.73 bits per heavy atom. The van der Waals surface area contributed by atoms with Gasteiger partial charge < -0.3 is 5.21 Å². The monoisotopic (exact) mass is 204 g/mol. The minimum absolute atomic E-state index is 0.259. The molecule has 3 nitrogen and oxygen atoms in total. The molecular formula is C12H16N2O. The van der Waals surface area contributed by atoms with Crippen LogP contribution in [-0.4, -0.2) is 28.4 Å². The third-order valence-corrected chi connectivity index (χ3v) is 3.04. The number of likely N-dealkylation sites (tertiary alicyclic amines) is 1. The minimum Gasteiger partial charge on any atom is -0.411 e. The number of hydrogen-bond donors (Lipinski definition) is 1. The lowest BCUT2D eigenvalue weighted by Gasteiger charge is -2.20. The number of oxime groups is 1. The van der Waals surface area contributed by atoms with Crippen molar-refractivity contribution in [3.05, 3.63) is 35.9 Å². The van der Waals surface area contributed by atoms with Crippen LogP contribution in [0.4, 0.5) is 0 Å². The van der Waals surface area contributed by atoms with Gasteiger partial charge in [0.05, 0.1) is 5.71 Å². The quantitative estimate of drug-likeness (QED) is 0.591. The van der Waals surface area contributed by atoms with Crippen molar-refractivity contribution in [1.29, 1.82) is 0 Å². The number of hydrogen-bond acceptors (Lipinski definition) is 3. The molecule has 0 bridgehead atoms. The zero-order chi connectivity index (χ0) is 10.7. The Bertz CT molecular complexity index is 348. The Morgan fingerprint density at radius 2 is 2.13 bits per heavy atom. The fourth-order valence-electron chi connectivity index (χ4n) is 2.04. The Labute approximate surface area is 90.0 Å². The van der Waals surface area contributed by atoms with E-state index in [4.69, 9.17) is 5.21 Å². The summed E-state index contributed by atoms with van der Waals surface area (Å²) in [4.78, 5) is 2.32. The predicted molar refractivity (Wildman–Crippen MR) is 60.2 cm³/mol. The molecule has 0 saturated carbocycles. The summed E-state index contributed by atoms with van der Waals surface area (Å²) in [6.45, 7) is 4.00. The summed E-state index contributed by atoms with van der Waals surface area (Å²) in [5.41, 5.74) is 2.20. The number of rotatable bonds is 2. The molecule has 1 heterocycles. The highest BCUT2D eigenvalue weighted by molar-refractivity contribution is 5.90. The van der Waals surface area contributed by atoms with Crippen molar-refractivity contribution < 1.29 is 5.21 Å². The van der Waals surface area contributed by atoms with Crippen LogP contribution in [0.25, 0.3) is 0 Å². The molecule has 1 saturated heterocycles. The van der Waals surface area contributed by atoms with Crippen LogP contribution < -0.4 is 0 Å². The maximum absolute atomic E-state index is 8.78. The molecule has 3 heteroatoms. The summed E-state index contributed by atoms with van der Waals surface area (Å²) in [5.74, 6) is 0. The van der Waals surface area contributed by atoms with Crippen LogP contribution >= 0.6 is 0 Å². The van der Waals surface area contributed by atoms with E-state index in [1.165, 1.54) is 5.56 Å². The van der Waals surface area contributed by atoms with Gasteiger partial charge in [-0.25, -0.2) is 0 Å². The molecule has 1 atom stereocenters. The van der Waals surface area contributed by atoms with Crippen molar-refractivity contribution in [3.63, 3.8) is 0 Å². The van der Waals surface area contributed by atoms with Crippen LogP contribution in [0.5, 0.6) is 0 Å². The van der Waals surface area contributed by atoms with Crippen LogP contribution in [0, 0.1) is 0 Å². The van der Waals surface area contributed by atoms with E-state index >= 15 is 0 Å². The highest BCUT2D eigenvalue weighted by Crippen LogP contribution is 2.17. The summed E-state index contributed by atoms with van der Waals surface area (Å²) in [7, 11) is 0. The molecule has 1 N–H and O–H groups in total. The van der Waals surface area contributed by atoms with Crippen molar-refractivity contribution in [3.8, 4) is 0 Å². The van der Waals surface area contributed by atoms with Crippen molar-refractivity contribution in [2.24, 2.45) is 5.16 Å². The van der Waals surface area contributed by atoms with Gasteiger partial charge in [-0.2, -0.15) is 0 Å². The van der Waals surface area contributed by atoms with E-state index in [1.807, 2.05) is 6.07 Å². The van der Waals surface area contributed by atoms with E-state index in [1.54, 1.807) is 0 Å². The SMILES string of the molecule is CC1/C(=N\O)CCN1Cc1ccccc1. The second-order valence-corrected chi connectivity index (χ2v) is 3.97. The molecule has 0 radical (unpaired) electrons. The summed E-state index contributed by atoms with van der Waals surface area (Å²) >= 11 is 0. The average molecular weight is 204 g/mol. The molecule has 0 spiro atoms. The second kappa shape index (κ2) is 4.45. The van der Waals surface area contributed by atoms with Gasteiger partial charge in [0.15, 0.2) is 0 Å². The lowest BCUT2D eigenvalue weighted by Crippen LogP contribution is -2.29. The molecule has 0 aliphatic carbocycles. The third-order valence-electron chi connectivity index (χ3n) is 3.04. The molecule has 1 aromatic rings. The smallest absolute Gasteiger partial charge is 0.0752 e. The lowest BCUT2D eigenvalue weighted by molar-refractivity contribution is 0.275. The van der Waals surface area contributed by atoms with Gasteiger partial charge in [-0.3, -0.25) is 4.90 Å². The predicted octanol–water partition coefficient (Wildman–Crippen LogP) is 2.11. The molecule has 1 aromatic carbocycles. The third kappa shape index (κ3) is 2.18. The largest absolute Gasteiger partial charge is 0.411 e. The summed E-state index contributed by atoms with van der Waals surface area (Å²) < 4.78 is 0. The highest BCUT2D eigenvalue weighted by Gasteiger charge is 2.26. The molecule has 15 heavy (non-hydrogen) atoms. The standard InChI is InChI=1S/C12H16N2O/c1-10-12(13-15)7-8-14(10)9-11-5-3-2-4-6-11/h2-6,10,15H,7-9H2,1H3/b13-12-. The van der Waals surface area contributed by atoms with Gasteiger partial charge in [0.25, 0.3) is 0 Å². The van der Waals surface area contributed by atoms with Crippen LogP contribution in [0.15, 0.2) is 35.5 Å². The van der Waals surface area contributed by atoms with Gasteiger partial charge in [-0.15, -0.1) is 0 Å². The van der Waals surface area contributed by atoms with Crippen molar-refractivity contribution >= 4 is 5.71 Å². The second-order valence-electron chi connectivity index (χ2n) is 3.97. The first-order valence-corrected chi connectivity index (χ1v) is 5.30.